The van der Waals surface area contributed by atoms with Crippen LogP contribution >= 0.6 is 34.8 Å². The van der Waals surface area contributed by atoms with Crippen molar-refractivity contribution in [2.45, 2.75) is 35.1 Å². The highest BCUT2D eigenvalue weighted by Crippen LogP contribution is 2.53. The van der Waals surface area contributed by atoms with E-state index in [1.807, 2.05) is 30.3 Å². The molecule has 0 bridgehead atoms. The van der Waals surface area contributed by atoms with Gasteiger partial charge in [0.2, 0.25) is 3.79 Å². The molecule has 1 aromatic rings. The van der Waals surface area contributed by atoms with Crippen molar-refractivity contribution in [2.75, 3.05) is 0 Å². The quantitative estimate of drug-likeness (QED) is 0.800. The second-order valence-electron chi connectivity index (χ2n) is 4.61. The molecule has 94 valence electrons. The summed E-state index contributed by atoms with van der Waals surface area (Å²) < 4.78 is -1.70. The first-order chi connectivity index (χ1) is 7.96. The largest absolute Gasteiger partial charge is 0.380 e. The topological polar surface area (TPSA) is 20.2 Å². The monoisotopic (exact) mass is 292 g/mol. The van der Waals surface area contributed by atoms with Gasteiger partial charge in [0.05, 0.1) is 0 Å². The molecule has 1 saturated carbocycles. The number of benzene rings is 1. The van der Waals surface area contributed by atoms with Gasteiger partial charge in [-0.15, -0.1) is 0 Å². The van der Waals surface area contributed by atoms with E-state index in [1.165, 1.54) is 0 Å². The molecule has 1 nitrogen and oxygen atoms in total. The second kappa shape index (κ2) is 4.97. The van der Waals surface area contributed by atoms with Gasteiger partial charge >= 0.3 is 0 Å². The molecule has 0 amide bonds. The minimum absolute atomic E-state index is 0.0115. The number of hydrogen-bond donors (Lipinski definition) is 1. The Labute approximate surface area is 117 Å². The zero-order valence-electron chi connectivity index (χ0n) is 9.37. The van der Waals surface area contributed by atoms with Crippen LogP contribution < -0.4 is 0 Å². The van der Waals surface area contributed by atoms with E-state index in [-0.39, 0.29) is 5.92 Å². The number of alkyl halides is 3. The molecular weight excluding hydrogens is 279 g/mol. The third kappa shape index (κ3) is 2.44. The summed E-state index contributed by atoms with van der Waals surface area (Å²) in [5.41, 5.74) is -0.706. The molecule has 1 aromatic carbocycles. The Morgan fingerprint density at radius 1 is 1.00 bits per heavy atom. The van der Waals surface area contributed by atoms with Crippen LogP contribution in [0, 0.1) is 5.92 Å². The van der Waals surface area contributed by atoms with Gasteiger partial charge in [-0.3, -0.25) is 0 Å². The Morgan fingerprint density at radius 3 is 2.00 bits per heavy atom. The summed E-state index contributed by atoms with van der Waals surface area (Å²) in [6, 6.07) is 9.23. The fourth-order valence-electron chi connectivity index (χ4n) is 2.67. The van der Waals surface area contributed by atoms with E-state index in [9.17, 15) is 5.11 Å². The molecule has 4 heteroatoms. The zero-order valence-corrected chi connectivity index (χ0v) is 11.6. The molecule has 0 spiro atoms. The molecule has 0 aliphatic heterocycles. The van der Waals surface area contributed by atoms with Crippen LogP contribution in [0.3, 0.4) is 0 Å². The molecule has 1 aliphatic rings. The van der Waals surface area contributed by atoms with Gasteiger partial charge < -0.3 is 5.11 Å². The van der Waals surface area contributed by atoms with E-state index in [4.69, 9.17) is 34.8 Å². The molecule has 0 radical (unpaired) electrons. The molecule has 2 rings (SSSR count). The Balaban J connectivity index is 2.44. The van der Waals surface area contributed by atoms with Crippen molar-refractivity contribution in [3.8, 4) is 0 Å². The smallest absolute Gasteiger partial charge is 0.223 e. The Bertz CT molecular complexity index is 368. The van der Waals surface area contributed by atoms with Crippen molar-refractivity contribution in [3.63, 3.8) is 0 Å². The maximum Gasteiger partial charge on any atom is 0.223 e. The Morgan fingerprint density at radius 2 is 1.53 bits per heavy atom. The van der Waals surface area contributed by atoms with Gasteiger partial charge in [0, 0.05) is 0 Å². The van der Waals surface area contributed by atoms with Crippen LogP contribution in [0.25, 0.3) is 0 Å². The molecule has 1 aliphatic carbocycles. The van der Waals surface area contributed by atoms with Crippen molar-refractivity contribution in [2.24, 2.45) is 5.92 Å². The summed E-state index contributed by atoms with van der Waals surface area (Å²) in [7, 11) is 0. The van der Waals surface area contributed by atoms with Crippen LogP contribution in [-0.4, -0.2) is 8.90 Å². The van der Waals surface area contributed by atoms with E-state index in [0.29, 0.717) is 5.56 Å². The molecule has 0 heterocycles. The van der Waals surface area contributed by atoms with Gasteiger partial charge in [-0.1, -0.05) is 78.0 Å². The van der Waals surface area contributed by atoms with Gasteiger partial charge in [-0.2, -0.15) is 0 Å². The van der Waals surface area contributed by atoms with E-state index in [0.717, 1.165) is 25.7 Å². The van der Waals surface area contributed by atoms with Crippen LogP contribution in [-0.2, 0) is 5.60 Å². The zero-order chi connectivity index (χ0) is 12.5. The van der Waals surface area contributed by atoms with Gasteiger partial charge in [-0.25, -0.2) is 0 Å². The fraction of sp³-hybridized carbons (Fsp3) is 0.538. The Kier molecular flexibility index (Phi) is 3.94. The van der Waals surface area contributed by atoms with E-state index >= 15 is 0 Å². The van der Waals surface area contributed by atoms with Crippen LogP contribution in [0.15, 0.2) is 30.3 Å². The summed E-state index contributed by atoms with van der Waals surface area (Å²) >= 11 is 18.1. The fourth-order valence-corrected chi connectivity index (χ4v) is 3.46. The average Bonchev–Trinajstić information content (AvgIpc) is 2.81. The minimum atomic E-state index is -1.70. The summed E-state index contributed by atoms with van der Waals surface area (Å²) in [6.07, 6.45) is 3.97. The van der Waals surface area contributed by atoms with Crippen molar-refractivity contribution >= 4 is 34.8 Å². The highest BCUT2D eigenvalue weighted by atomic mass is 35.6. The normalized spacial score (nSPS) is 21.4. The van der Waals surface area contributed by atoms with Crippen LogP contribution in [0.2, 0.25) is 0 Å². The number of aliphatic hydroxyl groups is 1. The van der Waals surface area contributed by atoms with E-state index < -0.39 is 9.39 Å². The highest BCUT2D eigenvalue weighted by molar-refractivity contribution is 6.68. The summed E-state index contributed by atoms with van der Waals surface area (Å²) in [6.45, 7) is 0. The van der Waals surface area contributed by atoms with Gasteiger partial charge in [0.1, 0.15) is 5.60 Å². The van der Waals surface area contributed by atoms with E-state index in [2.05, 4.69) is 0 Å². The lowest BCUT2D eigenvalue weighted by Crippen LogP contribution is -2.45. The third-order valence-corrected chi connectivity index (χ3v) is 4.46. The maximum atomic E-state index is 10.9. The number of rotatable bonds is 2. The summed E-state index contributed by atoms with van der Waals surface area (Å²) in [5.74, 6) is 0.0115. The first-order valence-corrected chi connectivity index (χ1v) is 6.94. The molecule has 1 fully saturated rings. The van der Waals surface area contributed by atoms with Crippen molar-refractivity contribution in [3.05, 3.63) is 35.9 Å². The predicted molar refractivity (Wildman–Crippen MR) is 72.6 cm³/mol. The standard InChI is InChI=1S/C13H15Cl3O/c14-13(15,16)12(17,11-8-4-5-9-11)10-6-2-1-3-7-10/h1-3,6-7,11,17H,4-5,8-9H2. The number of hydrogen-bond acceptors (Lipinski definition) is 1. The molecule has 1 N–H and O–H groups in total. The summed E-state index contributed by atoms with van der Waals surface area (Å²) in [4.78, 5) is 0. The van der Waals surface area contributed by atoms with Gasteiger partial charge in [0.15, 0.2) is 0 Å². The van der Waals surface area contributed by atoms with Crippen molar-refractivity contribution in [1.29, 1.82) is 0 Å². The average molecular weight is 294 g/mol. The summed E-state index contributed by atoms with van der Waals surface area (Å²) in [5, 5.41) is 10.9. The lowest BCUT2D eigenvalue weighted by Gasteiger charge is -2.40. The SMILES string of the molecule is OC(c1ccccc1)(C1CCCC1)C(Cl)(Cl)Cl. The highest BCUT2D eigenvalue weighted by Gasteiger charge is 2.54. The first kappa shape index (κ1) is 13.5. The predicted octanol–water partition coefficient (Wildman–Crippen LogP) is 4.43. The maximum absolute atomic E-state index is 10.9. The van der Waals surface area contributed by atoms with Crippen LogP contribution in [0.5, 0.6) is 0 Å². The van der Waals surface area contributed by atoms with Gasteiger partial charge in [0.25, 0.3) is 0 Å². The third-order valence-electron chi connectivity index (χ3n) is 3.59. The molecule has 0 aromatic heterocycles. The molecular formula is C13H15Cl3O. The molecule has 1 unspecified atom stereocenters. The van der Waals surface area contributed by atoms with Crippen molar-refractivity contribution < 1.29 is 5.11 Å². The minimum Gasteiger partial charge on any atom is -0.380 e. The van der Waals surface area contributed by atoms with Crippen LogP contribution in [0.1, 0.15) is 31.2 Å². The van der Waals surface area contributed by atoms with E-state index in [1.54, 1.807) is 0 Å². The van der Waals surface area contributed by atoms with Crippen LogP contribution in [0.4, 0.5) is 0 Å². The first-order valence-electron chi connectivity index (χ1n) is 5.81. The molecule has 17 heavy (non-hydrogen) atoms. The van der Waals surface area contributed by atoms with Gasteiger partial charge in [-0.05, 0) is 24.3 Å². The van der Waals surface area contributed by atoms with Crippen molar-refractivity contribution in [1.82, 2.24) is 0 Å². The molecule has 1 atom stereocenters. The molecule has 0 saturated heterocycles. The lowest BCUT2D eigenvalue weighted by molar-refractivity contribution is -0.0185. The number of halogens is 3. The Hall–Kier alpha value is 0.0500. The second-order valence-corrected chi connectivity index (χ2v) is 6.89. The lowest BCUT2D eigenvalue weighted by atomic mass is 9.81.